The largest absolute Gasteiger partial charge is 0.505 e. The number of aromatic hydroxyl groups is 1. The van der Waals surface area contributed by atoms with E-state index in [4.69, 9.17) is 9.84 Å². The van der Waals surface area contributed by atoms with Gasteiger partial charge in [0.25, 0.3) is 5.91 Å². The lowest BCUT2D eigenvalue weighted by molar-refractivity contribution is -0.135. The van der Waals surface area contributed by atoms with Gasteiger partial charge in [0, 0.05) is 5.39 Å². The van der Waals surface area contributed by atoms with Crippen LogP contribution in [0.15, 0.2) is 36.4 Å². The minimum Gasteiger partial charge on any atom is -0.505 e. The van der Waals surface area contributed by atoms with Crippen LogP contribution in [0.3, 0.4) is 0 Å². The van der Waals surface area contributed by atoms with Crippen molar-refractivity contribution >= 4 is 22.8 Å². The number of fused-ring (bicyclic) bond motifs is 1. The molecule has 2 rings (SSSR count). The highest BCUT2D eigenvalue weighted by Gasteiger charge is 2.15. The Morgan fingerprint density at radius 2 is 2.08 bits per heavy atom. The number of hydrogen-bond acceptors (Lipinski definition) is 5. The molecule has 0 spiro atoms. The Morgan fingerprint density at radius 3 is 2.80 bits per heavy atom. The standard InChI is InChI=1S/C18H20N2O5/c1-2-3-4-5-8-25-13-6-7-14-12(9-13)10-15(21)17(20-14)18(24)19-11-16(22)23/h3-4,6-7,9-10,21H,2,5,8,11H2,1H3,(H,19,24)(H,22,23)/b4-3+. The maximum Gasteiger partial charge on any atom is 0.322 e. The molecule has 7 heteroatoms. The van der Waals surface area contributed by atoms with Crippen LogP contribution >= 0.6 is 0 Å². The summed E-state index contributed by atoms with van der Waals surface area (Å²) in [5.41, 5.74) is 0.281. The molecular formula is C18H20N2O5. The molecule has 132 valence electrons. The number of nitrogens with zero attached hydrogens (tertiary/aromatic N) is 1. The number of carboxylic acids is 1. The van der Waals surface area contributed by atoms with E-state index in [1.807, 2.05) is 0 Å². The summed E-state index contributed by atoms with van der Waals surface area (Å²) in [7, 11) is 0. The Hall–Kier alpha value is -3.09. The Bertz CT molecular complexity index is 801. The highest BCUT2D eigenvalue weighted by molar-refractivity contribution is 5.99. The second kappa shape index (κ2) is 8.68. The first kappa shape index (κ1) is 18.3. The molecule has 0 unspecified atom stereocenters. The Morgan fingerprint density at radius 1 is 1.28 bits per heavy atom. The molecule has 0 radical (unpaired) electrons. The summed E-state index contributed by atoms with van der Waals surface area (Å²) in [5, 5.41) is 21.4. The van der Waals surface area contributed by atoms with Crippen LogP contribution in [0, 0.1) is 0 Å². The number of carbonyl (C=O) groups is 2. The third kappa shape index (κ3) is 5.20. The Kier molecular flexibility index (Phi) is 6.33. The van der Waals surface area contributed by atoms with Gasteiger partial charge in [-0.3, -0.25) is 9.59 Å². The van der Waals surface area contributed by atoms with Gasteiger partial charge in [-0.25, -0.2) is 4.98 Å². The van der Waals surface area contributed by atoms with E-state index >= 15 is 0 Å². The van der Waals surface area contributed by atoms with Crippen LogP contribution in [0.5, 0.6) is 11.5 Å². The zero-order valence-electron chi connectivity index (χ0n) is 13.9. The van der Waals surface area contributed by atoms with Crippen LogP contribution in [-0.2, 0) is 4.79 Å². The van der Waals surface area contributed by atoms with Crippen molar-refractivity contribution in [3.05, 3.63) is 42.1 Å². The van der Waals surface area contributed by atoms with E-state index in [2.05, 4.69) is 29.4 Å². The maximum absolute atomic E-state index is 11.9. The fourth-order valence-corrected chi connectivity index (χ4v) is 2.17. The van der Waals surface area contributed by atoms with Crippen LogP contribution in [0.25, 0.3) is 10.9 Å². The molecule has 0 bridgehead atoms. The van der Waals surface area contributed by atoms with Crippen molar-refractivity contribution < 1.29 is 24.5 Å². The normalized spacial score (nSPS) is 10.9. The molecule has 0 aliphatic carbocycles. The van der Waals surface area contributed by atoms with Gasteiger partial charge >= 0.3 is 5.97 Å². The van der Waals surface area contributed by atoms with Gasteiger partial charge in [-0.2, -0.15) is 0 Å². The molecule has 0 aliphatic rings. The molecular weight excluding hydrogens is 324 g/mol. The number of aliphatic carboxylic acids is 1. The van der Waals surface area contributed by atoms with Crippen molar-refractivity contribution in [1.29, 1.82) is 0 Å². The van der Waals surface area contributed by atoms with Crippen LogP contribution in [0.4, 0.5) is 0 Å². The van der Waals surface area contributed by atoms with E-state index in [9.17, 15) is 14.7 Å². The molecule has 1 amide bonds. The summed E-state index contributed by atoms with van der Waals surface area (Å²) >= 11 is 0. The van der Waals surface area contributed by atoms with Crippen molar-refractivity contribution in [1.82, 2.24) is 10.3 Å². The predicted octanol–water partition coefficient (Wildman–Crippen LogP) is 2.49. The molecule has 3 N–H and O–H groups in total. The summed E-state index contributed by atoms with van der Waals surface area (Å²) in [6.45, 7) is 2.06. The fourth-order valence-electron chi connectivity index (χ4n) is 2.17. The minimum atomic E-state index is -1.18. The van der Waals surface area contributed by atoms with Crippen LogP contribution in [0.2, 0.25) is 0 Å². The number of allylic oxidation sites excluding steroid dienone is 1. The first-order valence-electron chi connectivity index (χ1n) is 7.92. The molecule has 0 atom stereocenters. The van der Waals surface area contributed by atoms with Gasteiger partial charge in [-0.15, -0.1) is 0 Å². The summed E-state index contributed by atoms with van der Waals surface area (Å²) in [6, 6.07) is 6.54. The third-order valence-electron chi connectivity index (χ3n) is 3.34. The summed E-state index contributed by atoms with van der Waals surface area (Å²) in [4.78, 5) is 26.5. The van der Waals surface area contributed by atoms with Crippen molar-refractivity contribution in [2.24, 2.45) is 0 Å². The van der Waals surface area contributed by atoms with Gasteiger partial charge in [0.1, 0.15) is 18.0 Å². The zero-order valence-corrected chi connectivity index (χ0v) is 13.9. The Labute approximate surface area is 145 Å². The van der Waals surface area contributed by atoms with E-state index in [0.29, 0.717) is 23.3 Å². The number of nitrogens with one attached hydrogen (secondary N) is 1. The molecule has 0 saturated heterocycles. The van der Waals surface area contributed by atoms with E-state index in [0.717, 1.165) is 12.8 Å². The molecule has 0 saturated carbocycles. The molecule has 0 fully saturated rings. The number of rotatable bonds is 8. The van der Waals surface area contributed by atoms with Gasteiger partial charge in [-0.1, -0.05) is 19.1 Å². The lowest BCUT2D eigenvalue weighted by atomic mass is 10.1. The predicted molar refractivity (Wildman–Crippen MR) is 92.9 cm³/mol. The van der Waals surface area contributed by atoms with Crippen molar-refractivity contribution in [3.63, 3.8) is 0 Å². The van der Waals surface area contributed by atoms with Crippen LogP contribution in [0.1, 0.15) is 30.3 Å². The fraction of sp³-hybridized carbons (Fsp3) is 0.278. The average molecular weight is 344 g/mol. The number of benzene rings is 1. The van der Waals surface area contributed by atoms with Gasteiger partial charge in [0.15, 0.2) is 5.69 Å². The molecule has 7 nitrogen and oxygen atoms in total. The summed E-state index contributed by atoms with van der Waals surface area (Å²) < 4.78 is 5.64. The number of pyridine rings is 1. The lowest BCUT2D eigenvalue weighted by Crippen LogP contribution is -2.29. The average Bonchev–Trinajstić information content (AvgIpc) is 2.58. The Balaban J connectivity index is 2.13. The zero-order chi connectivity index (χ0) is 18.2. The first-order chi connectivity index (χ1) is 12.0. The van der Waals surface area contributed by atoms with E-state index < -0.39 is 18.4 Å². The number of carbonyl (C=O) groups excluding carboxylic acids is 1. The van der Waals surface area contributed by atoms with Gasteiger partial charge in [0.05, 0.1) is 12.1 Å². The summed E-state index contributed by atoms with van der Waals surface area (Å²) in [5.74, 6) is -1.60. The molecule has 1 aromatic carbocycles. The molecule has 1 heterocycles. The SMILES string of the molecule is CC/C=C/CCOc1ccc2nc(C(=O)NCC(=O)O)c(O)cc2c1. The monoisotopic (exact) mass is 344 g/mol. The first-order valence-corrected chi connectivity index (χ1v) is 7.92. The third-order valence-corrected chi connectivity index (χ3v) is 3.34. The number of ether oxygens (including phenoxy) is 1. The van der Waals surface area contributed by atoms with Gasteiger partial charge in [0.2, 0.25) is 0 Å². The highest BCUT2D eigenvalue weighted by Crippen LogP contribution is 2.25. The van der Waals surface area contributed by atoms with Gasteiger partial charge in [-0.05, 0) is 37.1 Å². The number of carboxylic acid groups (broad SMARTS) is 1. The molecule has 2 aromatic rings. The highest BCUT2D eigenvalue weighted by atomic mass is 16.5. The van der Waals surface area contributed by atoms with Crippen LogP contribution < -0.4 is 10.1 Å². The minimum absolute atomic E-state index is 0.216. The van der Waals surface area contributed by atoms with Crippen molar-refractivity contribution in [2.45, 2.75) is 19.8 Å². The quantitative estimate of drug-likeness (QED) is 0.501. The molecule has 25 heavy (non-hydrogen) atoms. The number of amides is 1. The molecule has 0 aliphatic heterocycles. The maximum atomic E-state index is 11.9. The number of hydrogen-bond donors (Lipinski definition) is 3. The van der Waals surface area contributed by atoms with Crippen LogP contribution in [-0.4, -0.2) is 40.2 Å². The second-order valence-corrected chi connectivity index (χ2v) is 5.30. The van der Waals surface area contributed by atoms with Crippen molar-refractivity contribution in [2.75, 3.05) is 13.2 Å². The topological polar surface area (TPSA) is 109 Å². The van der Waals surface area contributed by atoms with E-state index in [1.54, 1.807) is 18.2 Å². The second-order valence-electron chi connectivity index (χ2n) is 5.30. The van der Waals surface area contributed by atoms with Gasteiger partial charge < -0.3 is 20.3 Å². The number of aromatic nitrogens is 1. The van der Waals surface area contributed by atoms with Crippen molar-refractivity contribution in [3.8, 4) is 11.5 Å². The smallest absolute Gasteiger partial charge is 0.322 e. The molecule has 1 aromatic heterocycles. The van der Waals surface area contributed by atoms with E-state index in [-0.39, 0.29) is 11.4 Å². The van der Waals surface area contributed by atoms with E-state index in [1.165, 1.54) is 6.07 Å². The summed E-state index contributed by atoms with van der Waals surface area (Å²) in [6.07, 6.45) is 5.92. The lowest BCUT2D eigenvalue weighted by Gasteiger charge is -2.08.